The second-order valence-corrected chi connectivity index (χ2v) is 8.56. The van der Waals surface area contributed by atoms with Crippen LogP contribution >= 0.6 is 12.2 Å². The second-order valence-electron chi connectivity index (χ2n) is 8.18. The highest BCUT2D eigenvalue weighted by atomic mass is 32.1. The smallest absolute Gasteiger partial charge is 0.338 e. The first-order valence-electron chi connectivity index (χ1n) is 11.2. The average molecular weight is 490 g/mol. The summed E-state index contributed by atoms with van der Waals surface area (Å²) in [5.74, 6) is -0.659. The fraction of sp³-hybridized carbons (Fsp3) is 0.222. The summed E-state index contributed by atoms with van der Waals surface area (Å²) in [5, 5.41) is 8.58. The van der Waals surface area contributed by atoms with Crippen LogP contribution in [0.15, 0.2) is 78.0 Å². The van der Waals surface area contributed by atoms with Crippen molar-refractivity contribution >= 4 is 45.7 Å². The van der Waals surface area contributed by atoms with Crippen LogP contribution in [-0.4, -0.2) is 49.3 Å². The van der Waals surface area contributed by atoms with Gasteiger partial charge in [0.2, 0.25) is 0 Å². The van der Waals surface area contributed by atoms with Crippen molar-refractivity contribution in [3.63, 3.8) is 0 Å². The summed E-state index contributed by atoms with van der Waals surface area (Å²) >= 11 is 5.48. The van der Waals surface area contributed by atoms with Gasteiger partial charge in [-0.05, 0) is 53.7 Å². The predicted molar refractivity (Wildman–Crippen MR) is 140 cm³/mol. The number of allylic oxidation sites excluding steroid dienone is 1. The van der Waals surface area contributed by atoms with E-state index in [2.05, 4.69) is 10.6 Å². The van der Waals surface area contributed by atoms with Gasteiger partial charge in [0.15, 0.2) is 5.11 Å². The maximum atomic E-state index is 13.1. The summed E-state index contributed by atoms with van der Waals surface area (Å²) in [6.45, 7) is 2.29. The molecule has 1 aliphatic rings. The number of thiocarbonyl (C=S) groups is 1. The lowest BCUT2D eigenvalue weighted by atomic mass is 9.94. The Kier molecular flexibility index (Phi) is 7.43. The fourth-order valence-corrected chi connectivity index (χ4v) is 4.32. The van der Waals surface area contributed by atoms with Crippen LogP contribution in [0.25, 0.3) is 10.8 Å². The van der Waals surface area contributed by atoms with Gasteiger partial charge in [-0.3, -0.25) is 4.79 Å². The lowest BCUT2D eigenvalue weighted by Gasteiger charge is -2.35. The molecule has 0 aromatic heterocycles. The molecule has 0 fully saturated rings. The molecule has 180 valence electrons. The Hall–Kier alpha value is -3.75. The van der Waals surface area contributed by atoms with Crippen molar-refractivity contribution in [2.24, 2.45) is 0 Å². The van der Waals surface area contributed by atoms with Crippen molar-refractivity contribution in [1.29, 1.82) is 0 Å². The van der Waals surface area contributed by atoms with E-state index < -0.39 is 12.0 Å². The summed E-state index contributed by atoms with van der Waals surface area (Å²) in [6.07, 6.45) is 0. The molecule has 1 unspecified atom stereocenters. The maximum Gasteiger partial charge on any atom is 0.338 e. The van der Waals surface area contributed by atoms with E-state index in [0.717, 1.165) is 16.3 Å². The first kappa shape index (κ1) is 24.4. The Morgan fingerprint density at radius 3 is 2.60 bits per heavy atom. The summed E-state index contributed by atoms with van der Waals surface area (Å²) in [5.41, 5.74) is 3.12. The standard InChI is InChI=1S/C27H27N3O4S/c1-17-23(26(32)34-15-14-33-3)24(29-27(35)30(17)2)19-10-6-11-20(16-19)28-25(31)22-13-7-9-18-8-4-5-12-21(18)22/h4-13,16,24H,14-15H2,1-3H3,(H,28,31)(H,29,35). The zero-order valence-corrected chi connectivity index (χ0v) is 20.6. The SMILES string of the molecule is COCCOC(=O)C1=C(C)N(C)C(=S)NC1c1cccc(NC(=O)c2cccc3ccccc23)c1. The number of amides is 1. The van der Waals surface area contributed by atoms with Crippen molar-refractivity contribution in [3.05, 3.63) is 89.1 Å². The number of methoxy groups -OCH3 is 1. The summed E-state index contributed by atoms with van der Waals surface area (Å²) in [7, 11) is 3.34. The molecule has 0 bridgehead atoms. The van der Waals surface area contributed by atoms with Crippen molar-refractivity contribution in [2.75, 3.05) is 32.7 Å². The highest BCUT2D eigenvalue weighted by molar-refractivity contribution is 7.80. The lowest BCUT2D eigenvalue weighted by molar-refractivity contribution is -0.140. The average Bonchev–Trinajstić information content (AvgIpc) is 2.87. The molecule has 1 aliphatic heterocycles. The highest BCUT2D eigenvalue weighted by Crippen LogP contribution is 2.32. The van der Waals surface area contributed by atoms with E-state index in [-0.39, 0.29) is 12.5 Å². The first-order chi connectivity index (χ1) is 16.9. The number of esters is 1. The molecular weight excluding hydrogens is 462 g/mol. The number of nitrogens with zero attached hydrogens (tertiary/aromatic N) is 1. The summed E-state index contributed by atoms with van der Waals surface area (Å²) in [4.78, 5) is 27.8. The van der Waals surface area contributed by atoms with Gasteiger partial charge >= 0.3 is 5.97 Å². The second kappa shape index (κ2) is 10.7. The fourth-order valence-electron chi connectivity index (χ4n) is 4.06. The van der Waals surface area contributed by atoms with Crippen LogP contribution in [0.2, 0.25) is 0 Å². The summed E-state index contributed by atoms with van der Waals surface area (Å²) in [6, 6.07) is 20.3. The largest absolute Gasteiger partial charge is 0.460 e. The van der Waals surface area contributed by atoms with Crippen LogP contribution < -0.4 is 10.6 Å². The molecule has 1 heterocycles. The molecule has 0 aliphatic carbocycles. The minimum atomic E-state index is -0.525. The lowest BCUT2D eigenvalue weighted by Crippen LogP contribution is -2.46. The van der Waals surface area contributed by atoms with E-state index >= 15 is 0 Å². The van der Waals surface area contributed by atoms with Gasteiger partial charge in [-0.1, -0.05) is 48.5 Å². The minimum Gasteiger partial charge on any atom is -0.460 e. The van der Waals surface area contributed by atoms with E-state index in [9.17, 15) is 9.59 Å². The molecule has 2 N–H and O–H groups in total. The van der Waals surface area contributed by atoms with Crippen LogP contribution in [0, 0.1) is 0 Å². The van der Waals surface area contributed by atoms with Gasteiger partial charge in [0.1, 0.15) is 6.61 Å². The molecule has 0 spiro atoms. The van der Waals surface area contributed by atoms with Gasteiger partial charge in [0.05, 0.1) is 18.2 Å². The number of hydrogen-bond donors (Lipinski definition) is 2. The van der Waals surface area contributed by atoms with Crippen molar-refractivity contribution in [1.82, 2.24) is 10.2 Å². The number of carbonyl (C=O) groups excluding carboxylic acids is 2. The first-order valence-corrected chi connectivity index (χ1v) is 11.6. The number of ether oxygens (including phenoxy) is 2. The number of fused-ring (bicyclic) bond motifs is 1. The topological polar surface area (TPSA) is 79.9 Å². The molecular formula is C27H27N3O4S. The molecule has 3 aromatic carbocycles. The molecule has 0 saturated carbocycles. The van der Waals surface area contributed by atoms with Gasteiger partial charge in [-0.2, -0.15) is 0 Å². The third kappa shape index (κ3) is 5.18. The molecule has 0 saturated heterocycles. The number of benzene rings is 3. The number of nitrogens with one attached hydrogen (secondary N) is 2. The molecule has 1 atom stereocenters. The van der Waals surface area contributed by atoms with Crippen LogP contribution in [0.5, 0.6) is 0 Å². The molecule has 8 heteroatoms. The highest BCUT2D eigenvalue weighted by Gasteiger charge is 2.33. The Balaban J connectivity index is 1.63. The molecule has 7 nitrogen and oxygen atoms in total. The molecule has 1 amide bonds. The summed E-state index contributed by atoms with van der Waals surface area (Å²) < 4.78 is 10.4. The number of carbonyl (C=O) groups is 2. The van der Waals surface area contributed by atoms with Crippen molar-refractivity contribution in [2.45, 2.75) is 13.0 Å². The van der Waals surface area contributed by atoms with Gasteiger partial charge < -0.3 is 25.0 Å². The minimum absolute atomic E-state index is 0.147. The monoisotopic (exact) mass is 489 g/mol. The van der Waals surface area contributed by atoms with Crippen LogP contribution in [0.3, 0.4) is 0 Å². The third-order valence-electron chi connectivity index (χ3n) is 6.01. The Morgan fingerprint density at radius 1 is 1.06 bits per heavy atom. The quantitative estimate of drug-likeness (QED) is 0.289. The number of anilines is 1. The Bertz CT molecular complexity index is 1320. The van der Waals surface area contributed by atoms with Gasteiger partial charge in [0.25, 0.3) is 5.91 Å². The van der Waals surface area contributed by atoms with E-state index in [4.69, 9.17) is 21.7 Å². The Labute approximate surface area is 209 Å². The van der Waals surface area contributed by atoms with Crippen molar-refractivity contribution in [3.8, 4) is 0 Å². The van der Waals surface area contributed by atoms with E-state index in [1.54, 1.807) is 25.1 Å². The molecule has 35 heavy (non-hydrogen) atoms. The third-order valence-corrected chi connectivity index (χ3v) is 6.40. The molecule has 4 rings (SSSR count). The molecule has 3 aromatic rings. The normalized spacial score (nSPS) is 15.7. The Morgan fingerprint density at radius 2 is 1.80 bits per heavy atom. The number of hydrogen-bond acceptors (Lipinski definition) is 5. The van der Waals surface area contributed by atoms with Gasteiger partial charge in [-0.25, -0.2) is 4.79 Å². The van der Waals surface area contributed by atoms with Crippen LogP contribution in [0.1, 0.15) is 28.9 Å². The number of rotatable bonds is 7. The predicted octanol–water partition coefficient (Wildman–Crippen LogP) is 4.42. The van der Waals surface area contributed by atoms with E-state index in [1.165, 1.54) is 0 Å². The van der Waals surface area contributed by atoms with E-state index in [0.29, 0.717) is 34.2 Å². The van der Waals surface area contributed by atoms with Crippen molar-refractivity contribution < 1.29 is 19.1 Å². The van der Waals surface area contributed by atoms with Crippen LogP contribution in [0.4, 0.5) is 5.69 Å². The van der Waals surface area contributed by atoms with E-state index in [1.807, 2.05) is 67.6 Å². The van der Waals surface area contributed by atoms with Gasteiger partial charge in [0, 0.05) is 31.1 Å². The maximum absolute atomic E-state index is 13.1. The van der Waals surface area contributed by atoms with Gasteiger partial charge in [-0.15, -0.1) is 0 Å². The van der Waals surface area contributed by atoms with Crippen LogP contribution in [-0.2, 0) is 14.3 Å². The zero-order valence-electron chi connectivity index (χ0n) is 19.8. The molecule has 0 radical (unpaired) electrons. The zero-order chi connectivity index (χ0) is 24.9.